The second-order valence-electron chi connectivity index (χ2n) is 4.51. The first-order valence-corrected chi connectivity index (χ1v) is 6.56. The third-order valence-electron chi connectivity index (χ3n) is 3.08. The Balaban J connectivity index is 1.57. The van der Waals surface area contributed by atoms with Gasteiger partial charge in [-0.05, 0) is 29.8 Å². The molecule has 0 amide bonds. The molecule has 6 nitrogen and oxygen atoms in total. The highest BCUT2D eigenvalue weighted by Gasteiger charge is 2.07. The van der Waals surface area contributed by atoms with Crippen LogP contribution < -0.4 is 0 Å². The molecule has 6 heteroatoms. The highest BCUT2D eigenvalue weighted by molar-refractivity contribution is 5.89. The molecule has 2 heterocycles. The lowest BCUT2D eigenvalue weighted by Gasteiger charge is -2.05. The summed E-state index contributed by atoms with van der Waals surface area (Å²) in [4.78, 5) is 15.9. The standard InChI is InChI=1S/C15H14N4O2/c20-15(21-8-5-12-9-17-18-10-12)13-1-3-14(4-2-13)19-7-6-16-11-19/h1-4,6-7,9-11H,5,8H2,(H,17,18). The van der Waals surface area contributed by atoms with Gasteiger partial charge in [-0.1, -0.05) is 0 Å². The van der Waals surface area contributed by atoms with Crippen LogP contribution >= 0.6 is 0 Å². The fourth-order valence-corrected chi connectivity index (χ4v) is 1.94. The van der Waals surface area contributed by atoms with Crippen LogP contribution in [0.2, 0.25) is 0 Å². The van der Waals surface area contributed by atoms with Crippen LogP contribution in [0, 0.1) is 0 Å². The molecule has 0 aliphatic heterocycles. The third-order valence-corrected chi connectivity index (χ3v) is 3.08. The molecule has 0 aliphatic rings. The summed E-state index contributed by atoms with van der Waals surface area (Å²) in [7, 11) is 0. The number of nitrogens with zero attached hydrogens (tertiary/aromatic N) is 3. The van der Waals surface area contributed by atoms with Gasteiger partial charge < -0.3 is 9.30 Å². The van der Waals surface area contributed by atoms with Crippen LogP contribution in [0.15, 0.2) is 55.4 Å². The van der Waals surface area contributed by atoms with Gasteiger partial charge in [0.2, 0.25) is 0 Å². The van der Waals surface area contributed by atoms with E-state index in [1.165, 1.54) is 0 Å². The van der Waals surface area contributed by atoms with Crippen molar-refractivity contribution in [1.82, 2.24) is 19.7 Å². The number of nitrogens with one attached hydrogen (secondary N) is 1. The van der Waals surface area contributed by atoms with Crippen molar-refractivity contribution in [1.29, 1.82) is 0 Å². The van der Waals surface area contributed by atoms with Crippen LogP contribution in [-0.4, -0.2) is 32.3 Å². The van der Waals surface area contributed by atoms with Gasteiger partial charge in [0, 0.05) is 30.7 Å². The summed E-state index contributed by atoms with van der Waals surface area (Å²) in [6.45, 7) is 0.335. The average molecular weight is 282 g/mol. The topological polar surface area (TPSA) is 72.8 Å². The molecule has 2 aromatic heterocycles. The minimum Gasteiger partial charge on any atom is -0.462 e. The number of aromatic amines is 1. The molecule has 3 aromatic rings. The van der Waals surface area contributed by atoms with Gasteiger partial charge in [0.05, 0.1) is 24.7 Å². The summed E-state index contributed by atoms with van der Waals surface area (Å²) in [5.41, 5.74) is 2.49. The van der Waals surface area contributed by atoms with Gasteiger partial charge >= 0.3 is 5.97 Å². The number of hydrogen-bond donors (Lipinski definition) is 1. The maximum atomic E-state index is 11.9. The van der Waals surface area contributed by atoms with E-state index in [0.29, 0.717) is 18.6 Å². The van der Waals surface area contributed by atoms with E-state index in [9.17, 15) is 4.79 Å². The number of rotatable bonds is 5. The zero-order valence-corrected chi connectivity index (χ0v) is 11.3. The van der Waals surface area contributed by atoms with E-state index in [0.717, 1.165) is 11.3 Å². The molecule has 0 unspecified atom stereocenters. The van der Waals surface area contributed by atoms with Crippen LogP contribution in [0.4, 0.5) is 0 Å². The monoisotopic (exact) mass is 282 g/mol. The highest BCUT2D eigenvalue weighted by Crippen LogP contribution is 2.10. The van der Waals surface area contributed by atoms with Gasteiger partial charge in [-0.25, -0.2) is 9.78 Å². The third kappa shape index (κ3) is 3.17. The molecule has 0 saturated heterocycles. The summed E-state index contributed by atoms with van der Waals surface area (Å²) in [5.74, 6) is -0.323. The normalized spacial score (nSPS) is 10.5. The molecule has 0 aliphatic carbocycles. The Hall–Kier alpha value is -2.89. The van der Waals surface area contributed by atoms with E-state index in [2.05, 4.69) is 15.2 Å². The second kappa shape index (κ2) is 6.04. The Morgan fingerprint density at radius 2 is 2.14 bits per heavy atom. The number of hydrogen-bond acceptors (Lipinski definition) is 4. The van der Waals surface area contributed by atoms with Gasteiger partial charge in [-0.3, -0.25) is 5.10 Å². The maximum absolute atomic E-state index is 11.9. The molecule has 0 bridgehead atoms. The minimum absolute atomic E-state index is 0.323. The van der Waals surface area contributed by atoms with E-state index in [4.69, 9.17) is 4.74 Å². The van der Waals surface area contributed by atoms with Gasteiger partial charge in [0.25, 0.3) is 0 Å². The van der Waals surface area contributed by atoms with Crippen molar-refractivity contribution in [2.45, 2.75) is 6.42 Å². The van der Waals surface area contributed by atoms with Crippen LogP contribution in [0.3, 0.4) is 0 Å². The molecule has 1 N–H and O–H groups in total. The number of benzene rings is 1. The number of ether oxygens (including phenoxy) is 1. The molecule has 106 valence electrons. The highest BCUT2D eigenvalue weighted by atomic mass is 16.5. The summed E-state index contributed by atoms with van der Waals surface area (Å²) in [6, 6.07) is 7.20. The zero-order valence-electron chi connectivity index (χ0n) is 11.3. The molecular weight excluding hydrogens is 268 g/mol. The van der Waals surface area contributed by atoms with Crippen molar-refractivity contribution in [2.24, 2.45) is 0 Å². The van der Waals surface area contributed by atoms with Crippen LogP contribution in [0.1, 0.15) is 15.9 Å². The largest absolute Gasteiger partial charge is 0.462 e. The van der Waals surface area contributed by atoms with Gasteiger partial charge in [0.1, 0.15) is 0 Å². The Bertz CT molecular complexity index is 688. The van der Waals surface area contributed by atoms with E-state index < -0.39 is 0 Å². The fourth-order valence-electron chi connectivity index (χ4n) is 1.94. The van der Waals surface area contributed by atoms with Gasteiger partial charge in [0.15, 0.2) is 0 Å². The second-order valence-corrected chi connectivity index (χ2v) is 4.51. The molecule has 1 aromatic carbocycles. The van der Waals surface area contributed by atoms with E-state index in [1.807, 2.05) is 22.9 Å². The molecular formula is C15H14N4O2. The van der Waals surface area contributed by atoms with E-state index in [-0.39, 0.29) is 5.97 Å². The SMILES string of the molecule is O=C(OCCc1cn[nH]c1)c1ccc(-n2ccnc2)cc1. The van der Waals surface area contributed by atoms with Crippen molar-refractivity contribution in [3.05, 3.63) is 66.5 Å². The van der Waals surface area contributed by atoms with Crippen molar-refractivity contribution in [3.8, 4) is 5.69 Å². The molecule has 0 radical (unpaired) electrons. The zero-order chi connectivity index (χ0) is 14.5. The predicted molar refractivity (Wildman–Crippen MR) is 76.1 cm³/mol. The summed E-state index contributed by atoms with van der Waals surface area (Å²) in [6.07, 6.45) is 9.41. The number of carbonyl (C=O) groups excluding carboxylic acids is 1. The van der Waals surface area contributed by atoms with Gasteiger partial charge in [-0.15, -0.1) is 0 Å². The predicted octanol–water partition coefficient (Wildman–Crippen LogP) is 1.99. The van der Waals surface area contributed by atoms with E-state index >= 15 is 0 Å². The number of carbonyl (C=O) groups is 1. The molecule has 0 fully saturated rings. The number of esters is 1. The smallest absolute Gasteiger partial charge is 0.338 e. The molecule has 21 heavy (non-hydrogen) atoms. The molecule has 0 saturated carbocycles. The van der Waals surface area contributed by atoms with Crippen LogP contribution in [0.5, 0.6) is 0 Å². The fraction of sp³-hybridized carbons (Fsp3) is 0.133. The first-order chi connectivity index (χ1) is 10.3. The Kier molecular flexibility index (Phi) is 3.77. The van der Waals surface area contributed by atoms with Crippen LogP contribution in [0.25, 0.3) is 5.69 Å². The summed E-state index contributed by atoms with van der Waals surface area (Å²) >= 11 is 0. The Morgan fingerprint density at radius 3 is 2.81 bits per heavy atom. The van der Waals surface area contributed by atoms with Crippen molar-refractivity contribution < 1.29 is 9.53 Å². The lowest BCUT2D eigenvalue weighted by Crippen LogP contribution is -2.08. The average Bonchev–Trinajstić information content (AvgIpc) is 3.21. The lowest BCUT2D eigenvalue weighted by molar-refractivity contribution is 0.0509. The minimum atomic E-state index is -0.323. The molecule has 3 rings (SSSR count). The summed E-state index contributed by atoms with van der Waals surface area (Å²) < 4.78 is 7.10. The number of imidazole rings is 1. The quantitative estimate of drug-likeness (QED) is 0.726. The van der Waals surface area contributed by atoms with Crippen molar-refractivity contribution in [2.75, 3.05) is 6.61 Å². The van der Waals surface area contributed by atoms with E-state index in [1.54, 1.807) is 37.1 Å². The first kappa shape index (κ1) is 13.1. The first-order valence-electron chi connectivity index (χ1n) is 6.56. The van der Waals surface area contributed by atoms with Gasteiger partial charge in [-0.2, -0.15) is 5.10 Å². The molecule has 0 spiro atoms. The van der Waals surface area contributed by atoms with Crippen molar-refractivity contribution in [3.63, 3.8) is 0 Å². The molecule has 0 atom stereocenters. The maximum Gasteiger partial charge on any atom is 0.338 e. The van der Waals surface area contributed by atoms with Crippen molar-refractivity contribution >= 4 is 5.97 Å². The number of aromatic nitrogens is 4. The number of H-pyrrole nitrogens is 1. The summed E-state index contributed by atoms with van der Waals surface area (Å²) in [5, 5.41) is 6.56. The Labute approximate surface area is 121 Å². The Morgan fingerprint density at radius 1 is 1.29 bits per heavy atom. The lowest BCUT2D eigenvalue weighted by atomic mass is 10.2. The van der Waals surface area contributed by atoms with Crippen LogP contribution in [-0.2, 0) is 11.2 Å².